The number of oxazole rings is 1. The predicted octanol–water partition coefficient (Wildman–Crippen LogP) is 1.68. The van der Waals surface area contributed by atoms with Crippen molar-refractivity contribution in [2.75, 3.05) is 6.61 Å². The summed E-state index contributed by atoms with van der Waals surface area (Å²) in [5.41, 5.74) is 0. The van der Waals surface area contributed by atoms with E-state index in [0.717, 1.165) is 6.20 Å². The number of nitrogens with zero attached hydrogens (tertiary/aromatic N) is 1. The van der Waals surface area contributed by atoms with Crippen LogP contribution < -0.4 is 0 Å². The fourth-order valence-corrected chi connectivity index (χ4v) is 2.49. The van der Waals surface area contributed by atoms with Crippen LogP contribution in [-0.2, 0) is 14.6 Å². The van der Waals surface area contributed by atoms with Crippen LogP contribution in [0, 0.1) is 0 Å². The zero-order chi connectivity index (χ0) is 13.9. The molecule has 2 rings (SSSR count). The van der Waals surface area contributed by atoms with Gasteiger partial charge >= 0.3 is 11.2 Å². The molecular weight excluding hydrogens is 270 g/mol. The lowest BCUT2D eigenvalue weighted by Crippen LogP contribution is -2.04. The zero-order valence-electron chi connectivity index (χ0n) is 10.1. The second-order valence-electron chi connectivity index (χ2n) is 3.53. The SMILES string of the molecule is CCOC(=O)c1cnc(S(=O)(=O)c2ccccc2)o1. The van der Waals surface area contributed by atoms with Crippen molar-refractivity contribution in [2.24, 2.45) is 0 Å². The Morgan fingerprint density at radius 3 is 2.63 bits per heavy atom. The van der Waals surface area contributed by atoms with Crippen LogP contribution >= 0.6 is 0 Å². The first-order valence-corrected chi connectivity index (χ1v) is 6.97. The zero-order valence-corrected chi connectivity index (χ0v) is 10.9. The Bertz CT molecular complexity index is 675. The molecule has 6 nitrogen and oxygen atoms in total. The van der Waals surface area contributed by atoms with Gasteiger partial charge in [0.05, 0.1) is 17.7 Å². The molecule has 1 aromatic carbocycles. The third kappa shape index (κ3) is 2.65. The van der Waals surface area contributed by atoms with Crippen molar-refractivity contribution in [3.05, 3.63) is 42.3 Å². The molecule has 0 amide bonds. The highest BCUT2D eigenvalue weighted by molar-refractivity contribution is 7.91. The first-order valence-electron chi connectivity index (χ1n) is 5.49. The Kier molecular flexibility index (Phi) is 3.66. The summed E-state index contributed by atoms with van der Waals surface area (Å²) in [6, 6.07) is 7.70. The highest BCUT2D eigenvalue weighted by Crippen LogP contribution is 2.20. The maximum absolute atomic E-state index is 12.1. The number of benzene rings is 1. The van der Waals surface area contributed by atoms with Crippen LogP contribution in [-0.4, -0.2) is 26.0 Å². The van der Waals surface area contributed by atoms with E-state index in [0.29, 0.717) is 0 Å². The smallest absolute Gasteiger partial charge is 0.375 e. The molecule has 2 aromatic rings. The number of sulfone groups is 1. The van der Waals surface area contributed by atoms with Gasteiger partial charge in [-0.3, -0.25) is 0 Å². The summed E-state index contributed by atoms with van der Waals surface area (Å²) < 4.78 is 33.9. The third-order valence-corrected chi connectivity index (χ3v) is 3.79. The Morgan fingerprint density at radius 1 is 1.32 bits per heavy atom. The van der Waals surface area contributed by atoms with Crippen LogP contribution in [0.15, 0.2) is 51.1 Å². The normalized spacial score (nSPS) is 11.2. The van der Waals surface area contributed by atoms with Gasteiger partial charge in [-0.25, -0.2) is 18.2 Å². The molecule has 0 radical (unpaired) electrons. The molecule has 0 atom stereocenters. The van der Waals surface area contributed by atoms with E-state index < -0.39 is 21.0 Å². The van der Waals surface area contributed by atoms with Crippen molar-refractivity contribution in [1.29, 1.82) is 0 Å². The first-order chi connectivity index (χ1) is 9.05. The average molecular weight is 281 g/mol. The molecule has 7 heteroatoms. The minimum absolute atomic E-state index is 0.0484. The topological polar surface area (TPSA) is 86.5 Å². The fraction of sp³-hybridized carbons (Fsp3) is 0.167. The Labute approximate surface area is 109 Å². The third-order valence-electron chi connectivity index (χ3n) is 2.24. The standard InChI is InChI=1S/C12H11NO5S/c1-2-17-11(14)10-8-13-12(18-10)19(15,16)9-6-4-3-5-7-9/h3-8H,2H2,1H3. The molecule has 0 aliphatic rings. The summed E-state index contributed by atoms with van der Waals surface area (Å²) in [6.07, 6.45) is 1.04. The van der Waals surface area contributed by atoms with Crippen molar-refractivity contribution in [2.45, 2.75) is 17.0 Å². The molecule has 0 bridgehead atoms. The number of hydrogen-bond donors (Lipinski definition) is 0. The van der Waals surface area contributed by atoms with E-state index in [1.165, 1.54) is 12.1 Å². The largest absolute Gasteiger partial charge is 0.460 e. The highest BCUT2D eigenvalue weighted by atomic mass is 32.2. The summed E-state index contributed by atoms with van der Waals surface area (Å²) in [5.74, 6) is -0.985. The highest BCUT2D eigenvalue weighted by Gasteiger charge is 2.25. The van der Waals surface area contributed by atoms with Gasteiger partial charge in [0.2, 0.25) is 5.76 Å². The number of esters is 1. The molecular formula is C12H11NO5S. The molecule has 1 aromatic heterocycles. The van der Waals surface area contributed by atoms with E-state index in [1.807, 2.05) is 0 Å². The fourth-order valence-electron chi connectivity index (χ4n) is 1.38. The number of ether oxygens (including phenoxy) is 1. The summed E-state index contributed by atoms with van der Waals surface area (Å²) in [6.45, 7) is 1.80. The lowest BCUT2D eigenvalue weighted by Gasteiger charge is -1.99. The number of rotatable bonds is 4. The van der Waals surface area contributed by atoms with E-state index in [2.05, 4.69) is 4.98 Å². The van der Waals surface area contributed by atoms with Crippen LogP contribution in [0.1, 0.15) is 17.5 Å². The number of carbonyl (C=O) groups is 1. The monoisotopic (exact) mass is 281 g/mol. The molecule has 0 aliphatic carbocycles. The second kappa shape index (κ2) is 5.23. The van der Waals surface area contributed by atoms with Gasteiger partial charge in [0.15, 0.2) is 0 Å². The molecule has 100 valence electrons. The van der Waals surface area contributed by atoms with E-state index in [4.69, 9.17) is 9.15 Å². The summed E-state index contributed by atoms with van der Waals surface area (Å²) in [7, 11) is -3.85. The quantitative estimate of drug-likeness (QED) is 0.792. The van der Waals surface area contributed by atoms with Gasteiger partial charge in [-0.05, 0) is 19.1 Å². The van der Waals surface area contributed by atoms with Gasteiger partial charge in [-0.1, -0.05) is 18.2 Å². The first kappa shape index (κ1) is 13.3. The summed E-state index contributed by atoms with van der Waals surface area (Å²) >= 11 is 0. The molecule has 0 spiro atoms. The minimum Gasteiger partial charge on any atom is -0.460 e. The lowest BCUT2D eigenvalue weighted by molar-refractivity contribution is 0.0484. The van der Waals surface area contributed by atoms with Crippen molar-refractivity contribution >= 4 is 15.8 Å². The van der Waals surface area contributed by atoms with Crippen LogP contribution in [0.25, 0.3) is 0 Å². The van der Waals surface area contributed by atoms with Gasteiger partial charge in [0.1, 0.15) is 0 Å². The maximum atomic E-state index is 12.1. The van der Waals surface area contributed by atoms with Gasteiger partial charge in [0.25, 0.3) is 9.84 Å². The molecule has 0 saturated carbocycles. The number of hydrogen-bond acceptors (Lipinski definition) is 6. The van der Waals surface area contributed by atoms with Gasteiger partial charge in [0, 0.05) is 0 Å². The van der Waals surface area contributed by atoms with Crippen LogP contribution in [0.4, 0.5) is 0 Å². The second-order valence-corrected chi connectivity index (χ2v) is 5.35. The van der Waals surface area contributed by atoms with Crippen molar-refractivity contribution < 1.29 is 22.4 Å². The van der Waals surface area contributed by atoms with Crippen molar-refractivity contribution in [3.63, 3.8) is 0 Å². The molecule has 0 aliphatic heterocycles. The van der Waals surface area contributed by atoms with Gasteiger partial charge in [-0.15, -0.1) is 0 Å². The average Bonchev–Trinajstić information content (AvgIpc) is 2.90. The molecule has 0 fully saturated rings. The Morgan fingerprint density at radius 2 is 2.00 bits per heavy atom. The van der Waals surface area contributed by atoms with E-state index >= 15 is 0 Å². The Hall–Kier alpha value is -2.15. The molecule has 1 heterocycles. The van der Waals surface area contributed by atoms with Crippen LogP contribution in [0.2, 0.25) is 0 Å². The van der Waals surface area contributed by atoms with Crippen molar-refractivity contribution in [1.82, 2.24) is 4.98 Å². The lowest BCUT2D eigenvalue weighted by atomic mass is 10.4. The summed E-state index contributed by atoms with van der Waals surface area (Å²) in [4.78, 5) is 15.0. The number of carbonyl (C=O) groups excluding carboxylic acids is 1. The molecule has 19 heavy (non-hydrogen) atoms. The Balaban J connectivity index is 2.36. The van der Waals surface area contributed by atoms with Crippen LogP contribution in [0.5, 0.6) is 0 Å². The van der Waals surface area contributed by atoms with Gasteiger partial charge in [-0.2, -0.15) is 0 Å². The van der Waals surface area contributed by atoms with E-state index in [1.54, 1.807) is 25.1 Å². The van der Waals surface area contributed by atoms with E-state index in [9.17, 15) is 13.2 Å². The van der Waals surface area contributed by atoms with E-state index in [-0.39, 0.29) is 17.3 Å². The number of aromatic nitrogens is 1. The summed E-state index contributed by atoms with van der Waals surface area (Å²) in [5, 5.41) is -0.526. The molecule has 0 saturated heterocycles. The van der Waals surface area contributed by atoms with Crippen LogP contribution in [0.3, 0.4) is 0 Å². The molecule has 0 unspecified atom stereocenters. The maximum Gasteiger partial charge on any atom is 0.375 e. The predicted molar refractivity (Wildman–Crippen MR) is 64.4 cm³/mol. The minimum atomic E-state index is -3.85. The van der Waals surface area contributed by atoms with Gasteiger partial charge < -0.3 is 9.15 Å². The van der Waals surface area contributed by atoms with Crippen molar-refractivity contribution in [3.8, 4) is 0 Å². The molecule has 0 N–H and O–H groups in total.